The molecule has 1 saturated carbocycles. The molecule has 3 rings (SSSR count). The quantitative estimate of drug-likeness (QED) is 0.895. The van der Waals surface area contributed by atoms with Gasteiger partial charge < -0.3 is 14.7 Å². The van der Waals surface area contributed by atoms with Crippen molar-refractivity contribution >= 4 is 17.6 Å². The first-order valence-electron chi connectivity index (χ1n) is 6.93. The number of carboxylic acids is 1. The first-order chi connectivity index (χ1) is 9.66. The molecule has 0 radical (unpaired) electrons. The van der Waals surface area contributed by atoms with Crippen LogP contribution in [-0.2, 0) is 9.59 Å². The van der Waals surface area contributed by atoms with Gasteiger partial charge in [-0.05, 0) is 31.4 Å². The average molecular weight is 275 g/mol. The minimum atomic E-state index is -0.789. The molecule has 0 spiro atoms. The Kier molecular flexibility index (Phi) is 3.34. The van der Waals surface area contributed by atoms with E-state index < -0.39 is 5.97 Å². The van der Waals surface area contributed by atoms with Gasteiger partial charge in [0.25, 0.3) is 0 Å². The van der Waals surface area contributed by atoms with E-state index >= 15 is 0 Å². The number of para-hydroxylation sites is 2. The number of anilines is 1. The van der Waals surface area contributed by atoms with Crippen LogP contribution in [0.3, 0.4) is 0 Å². The molecule has 5 nitrogen and oxygen atoms in total. The third kappa shape index (κ3) is 2.24. The van der Waals surface area contributed by atoms with E-state index in [1.54, 1.807) is 4.90 Å². The summed E-state index contributed by atoms with van der Waals surface area (Å²) in [6.45, 7) is 1.02. The Bertz CT molecular complexity index is 542. The van der Waals surface area contributed by atoms with Crippen LogP contribution in [0.1, 0.15) is 19.3 Å². The standard InChI is InChI=1S/C15H17NO4/c17-14(10-5-6-11(9-10)15(18)19)16-7-8-20-13-4-2-1-3-12(13)16/h1-4,10-11H,5-9H2,(H,18,19)/t10-,11+/m0/s1. The smallest absolute Gasteiger partial charge is 0.306 e. The highest BCUT2D eigenvalue weighted by Gasteiger charge is 2.37. The normalized spacial score (nSPS) is 24.9. The third-order valence-electron chi connectivity index (χ3n) is 4.13. The summed E-state index contributed by atoms with van der Waals surface area (Å²) in [4.78, 5) is 25.4. The van der Waals surface area contributed by atoms with Crippen molar-refractivity contribution < 1.29 is 19.4 Å². The van der Waals surface area contributed by atoms with E-state index in [-0.39, 0.29) is 17.7 Å². The molecule has 20 heavy (non-hydrogen) atoms. The maximum Gasteiger partial charge on any atom is 0.306 e. The SMILES string of the molecule is O=C(O)[C@@H]1CC[C@H](C(=O)N2CCOc3ccccc32)C1. The molecule has 2 atom stereocenters. The number of fused-ring (bicyclic) bond motifs is 1. The van der Waals surface area contributed by atoms with E-state index in [1.165, 1.54) is 0 Å². The number of carbonyl (C=O) groups is 2. The highest BCUT2D eigenvalue weighted by Crippen LogP contribution is 2.37. The number of nitrogens with zero attached hydrogens (tertiary/aromatic N) is 1. The van der Waals surface area contributed by atoms with Gasteiger partial charge in [-0.2, -0.15) is 0 Å². The second kappa shape index (κ2) is 5.15. The summed E-state index contributed by atoms with van der Waals surface area (Å²) in [5.74, 6) is -0.588. The van der Waals surface area contributed by atoms with Crippen molar-refractivity contribution in [2.45, 2.75) is 19.3 Å². The van der Waals surface area contributed by atoms with Crippen molar-refractivity contribution in [1.29, 1.82) is 0 Å². The van der Waals surface area contributed by atoms with E-state index in [2.05, 4.69) is 0 Å². The first-order valence-corrected chi connectivity index (χ1v) is 6.93. The Hall–Kier alpha value is -2.04. The molecular weight excluding hydrogens is 258 g/mol. The first kappa shape index (κ1) is 13.0. The van der Waals surface area contributed by atoms with Crippen LogP contribution in [0.15, 0.2) is 24.3 Å². The Morgan fingerprint density at radius 3 is 2.70 bits per heavy atom. The lowest BCUT2D eigenvalue weighted by Crippen LogP contribution is -2.41. The summed E-state index contributed by atoms with van der Waals surface area (Å²) < 4.78 is 5.54. The van der Waals surface area contributed by atoms with Crippen LogP contribution in [-0.4, -0.2) is 30.1 Å². The molecule has 5 heteroatoms. The van der Waals surface area contributed by atoms with Gasteiger partial charge in [0.2, 0.25) is 5.91 Å². The number of hydrogen-bond acceptors (Lipinski definition) is 3. The summed E-state index contributed by atoms with van der Waals surface area (Å²) in [7, 11) is 0. The summed E-state index contributed by atoms with van der Waals surface area (Å²) >= 11 is 0. The molecule has 1 fully saturated rings. The Morgan fingerprint density at radius 1 is 1.20 bits per heavy atom. The average Bonchev–Trinajstić information content (AvgIpc) is 2.96. The fourth-order valence-corrected chi connectivity index (χ4v) is 3.05. The molecular formula is C15H17NO4. The highest BCUT2D eigenvalue weighted by molar-refractivity contribution is 5.97. The predicted molar refractivity (Wildman–Crippen MR) is 72.8 cm³/mol. The highest BCUT2D eigenvalue weighted by atomic mass is 16.5. The largest absolute Gasteiger partial charge is 0.490 e. The van der Waals surface area contributed by atoms with Gasteiger partial charge >= 0.3 is 5.97 Å². The van der Waals surface area contributed by atoms with Crippen molar-refractivity contribution in [1.82, 2.24) is 0 Å². The van der Waals surface area contributed by atoms with Gasteiger partial charge in [0.1, 0.15) is 12.4 Å². The monoisotopic (exact) mass is 275 g/mol. The van der Waals surface area contributed by atoms with Crippen molar-refractivity contribution in [2.24, 2.45) is 11.8 Å². The molecule has 1 N–H and O–H groups in total. The van der Waals surface area contributed by atoms with E-state index in [9.17, 15) is 9.59 Å². The predicted octanol–water partition coefficient (Wildman–Crippen LogP) is 1.91. The van der Waals surface area contributed by atoms with E-state index in [0.29, 0.717) is 32.4 Å². The van der Waals surface area contributed by atoms with Crippen LogP contribution in [0.25, 0.3) is 0 Å². The fraction of sp³-hybridized carbons (Fsp3) is 0.467. The Balaban J connectivity index is 1.78. The summed E-state index contributed by atoms with van der Waals surface area (Å²) in [6.07, 6.45) is 1.71. The number of benzene rings is 1. The van der Waals surface area contributed by atoms with Crippen molar-refractivity contribution in [2.75, 3.05) is 18.1 Å². The van der Waals surface area contributed by atoms with Gasteiger partial charge in [-0.1, -0.05) is 12.1 Å². The molecule has 1 heterocycles. The molecule has 0 saturated heterocycles. The van der Waals surface area contributed by atoms with Crippen LogP contribution in [0, 0.1) is 11.8 Å². The van der Waals surface area contributed by atoms with Crippen LogP contribution < -0.4 is 9.64 Å². The van der Waals surface area contributed by atoms with Crippen molar-refractivity contribution in [3.05, 3.63) is 24.3 Å². The zero-order chi connectivity index (χ0) is 14.1. The Labute approximate surface area is 117 Å². The summed E-state index contributed by atoms with van der Waals surface area (Å²) in [5, 5.41) is 9.04. The lowest BCUT2D eigenvalue weighted by molar-refractivity contribution is -0.141. The van der Waals surface area contributed by atoms with Crippen LogP contribution >= 0.6 is 0 Å². The van der Waals surface area contributed by atoms with Crippen molar-refractivity contribution in [3.8, 4) is 5.75 Å². The fourth-order valence-electron chi connectivity index (χ4n) is 3.05. The zero-order valence-corrected chi connectivity index (χ0v) is 11.1. The molecule has 106 valence electrons. The van der Waals surface area contributed by atoms with Gasteiger partial charge in [0.05, 0.1) is 18.2 Å². The Morgan fingerprint density at radius 2 is 1.95 bits per heavy atom. The number of ether oxygens (including phenoxy) is 1. The zero-order valence-electron chi connectivity index (χ0n) is 11.1. The lowest BCUT2D eigenvalue weighted by Gasteiger charge is -2.31. The number of rotatable bonds is 2. The molecule has 0 bridgehead atoms. The molecule has 2 aliphatic rings. The van der Waals surface area contributed by atoms with Gasteiger partial charge in [-0.15, -0.1) is 0 Å². The number of carboxylic acid groups (broad SMARTS) is 1. The third-order valence-corrected chi connectivity index (χ3v) is 4.13. The number of aliphatic carboxylic acids is 1. The topological polar surface area (TPSA) is 66.8 Å². The second-order valence-electron chi connectivity index (χ2n) is 5.35. The van der Waals surface area contributed by atoms with Crippen LogP contribution in [0.4, 0.5) is 5.69 Å². The molecule has 1 aromatic rings. The van der Waals surface area contributed by atoms with Crippen molar-refractivity contribution in [3.63, 3.8) is 0 Å². The van der Waals surface area contributed by atoms with Gasteiger partial charge in [0, 0.05) is 5.92 Å². The van der Waals surface area contributed by atoms with Gasteiger partial charge in [-0.25, -0.2) is 0 Å². The maximum atomic E-state index is 12.6. The molecule has 1 aliphatic carbocycles. The molecule has 0 unspecified atom stereocenters. The van der Waals surface area contributed by atoms with E-state index in [4.69, 9.17) is 9.84 Å². The molecule has 1 aromatic carbocycles. The summed E-state index contributed by atoms with van der Waals surface area (Å²) in [6, 6.07) is 7.48. The lowest BCUT2D eigenvalue weighted by atomic mass is 10.0. The van der Waals surface area contributed by atoms with E-state index in [1.807, 2.05) is 24.3 Å². The second-order valence-corrected chi connectivity index (χ2v) is 5.35. The maximum absolute atomic E-state index is 12.6. The van der Waals surface area contributed by atoms with Crippen LogP contribution in [0.2, 0.25) is 0 Å². The van der Waals surface area contributed by atoms with E-state index in [0.717, 1.165) is 11.4 Å². The number of hydrogen-bond donors (Lipinski definition) is 1. The summed E-state index contributed by atoms with van der Waals surface area (Å²) in [5.41, 5.74) is 0.794. The molecule has 1 aliphatic heterocycles. The molecule has 1 amide bonds. The number of carbonyl (C=O) groups excluding carboxylic acids is 1. The minimum absolute atomic E-state index is 0.0319. The molecule has 0 aromatic heterocycles. The van der Waals surface area contributed by atoms with Gasteiger partial charge in [0.15, 0.2) is 0 Å². The van der Waals surface area contributed by atoms with Gasteiger partial charge in [-0.3, -0.25) is 9.59 Å². The van der Waals surface area contributed by atoms with Crippen LogP contribution in [0.5, 0.6) is 5.75 Å². The minimum Gasteiger partial charge on any atom is -0.490 e. The number of amides is 1.